The molecular weight excluding hydrogens is 688 g/mol. The summed E-state index contributed by atoms with van der Waals surface area (Å²) in [7, 11) is 0. The quantitative estimate of drug-likeness (QED) is 0.113. The Kier molecular flexibility index (Phi) is 12.2. The van der Waals surface area contributed by atoms with E-state index in [0.717, 1.165) is 42.7 Å². The molecule has 1 aromatic heterocycles. The number of aryl methyl sites for hydroxylation is 1. The van der Waals surface area contributed by atoms with Crippen LogP contribution in [0.5, 0.6) is 23.1 Å². The van der Waals surface area contributed by atoms with E-state index < -0.39 is 0 Å². The number of piperazine rings is 1. The number of benzene rings is 4. The number of halogens is 3. The zero-order valence-corrected chi connectivity index (χ0v) is 29.7. The van der Waals surface area contributed by atoms with E-state index in [1.165, 1.54) is 23.3 Å². The fourth-order valence-electron chi connectivity index (χ4n) is 5.61. The minimum atomic E-state index is -0.274. The highest BCUT2D eigenvalue weighted by molar-refractivity contribution is 6.32. The first-order valence-corrected chi connectivity index (χ1v) is 17.5. The van der Waals surface area contributed by atoms with E-state index in [1.807, 2.05) is 42.2 Å². The highest BCUT2D eigenvalue weighted by Gasteiger charge is 2.20. The molecule has 0 saturated carbocycles. The van der Waals surface area contributed by atoms with Crippen LogP contribution in [0.3, 0.4) is 0 Å². The van der Waals surface area contributed by atoms with Crippen molar-refractivity contribution in [2.45, 2.75) is 26.5 Å². The second kappa shape index (κ2) is 17.4. The molecule has 1 amide bonds. The molecule has 0 aliphatic carbocycles. The number of carbonyl (C=O) groups excluding carboxylic acids is 1. The van der Waals surface area contributed by atoms with Gasteiger partial charge >= 0.3 is 0 Å². The lowest BCUT2D eigenvalue weighted by Crippen LogP contribution is -2.47. The number of ether oxygens (including phenoxy) is 3. The summed E-state index contributed by atoms with van der Waals surface area (Å²) in [6, 6.07) is 29.2. The zero-order chi connectivity index (χ0) is 35.6. The largest absolute Gasteiger partial charge is 0.493 e. The Hall–Kier alpha value is -4.89. The maximum atomic E-state index is 13.1. The average molecular weight is 727 g/mol. The van der Waals surface area contributed by atoms with Crippen LogP contribution in [0.1, 0.15) is 27.8 Å². The van der Waals surface area contributed by atoms with Crippen molar-refractivity contribution in [2.75, 3.05) is 32.8 Å². The molecule has 0 atom stereocenters. The monoisotopic (exact) mass is 725 g/mol. The van der Waals surface area contributed by atoms with Crippen molar-refractivity contribution in [3.8, 4) is 23.1 Å². The molecule has 0 spiro atoms. The molecule has 0 radical (unpaired) electrons. The predicted molar refractivity (Wildman–Crippen MR) is 199 cm³/mol. The van der Waals surface area contributed by atoms with Crippen molar-refractivity contribution in [1.29, 1.82) is 0 Å². The molecule has 1 fully saturated rings. The van der Waals surface area contributed by atoms with Crippen LogP contribution in [0.25, 0.3) is 6.08 Å². The van der Waals surface area contributed by atoms with Gasteiger partial charge in [-0.2, -0.15) is 0 Å². The fourth-order valence-corrected chi connectivity index (χ4v) is 6.01. The SMILES string of the molecule is Cc1cc(Oc2ccc(OCc3ccccc3Cl)cn2)c(Cl)cc1C=CC(=O)N1CCN(Cc2ccc(CCOc3ccc(F)cc3)cc2)CC1. The normalized spacial score (nSPS) is 13.4. The van der Waals surface area contributed by atoms with Gasteiger partial charge in [0.15, 0.2) is 0 Å². The maximum absolute atomic E-state index is 13.1. The second-order valence-electron chi connectivity index (χ2n) is 12.3. The maximum Gasteiger partial charge on any atom is 0.246 e. The molecule has 262 valence electrons. The number of hydrogen-bond acceptors (Lipinski definition) is 6. The average Bonchev–Trinajstić information content (AvgIpc) is 3.14. The first-order valence-electron chi connectivity index (χ1n) is 16.7. The second-order valence-corrected chi connectivity index (χ2v) is 13.1. The van der Waals surface area contributed by atoms with Gasteiger partial charge in [0.1, 0.15) is 29.7 Å². The summed E-state index contributed by atoms with van der Waals surface area (Å²) >= 11 is 12.8. The van der Waals surface area contributed by atoms with Crippen molar-refractivity contribution < 1.29 is 23.4 Å². The van der Waals surface area contributed by atoms with Crippen LogP contribution in [0.4, 0.5) is 4.39 Å². The molecule has 1 saturated heterocycles. The first-order chi connectivity index (χ1) is 24.8. The van der Waals surface area contributed by atoms with Crippen molar-refractivity contribution in [1.82, 2.24) is 14.8 Å². The lowest BCUT2D eigenvalue weighted by atomic mass is 10.1. The highest BCUT2D eigenvalue weighted by atomic mass is 35.5. The molecule has 10 heteroatoms. The Morgan fingerprint density at radius 2 is 1.57 bits per heavy atom. The van der Waals surface area contributed by atoms with Crippen molar-refractivity contribution in [3.63, 3.8) is 0 Å². The number of hydrogen-bond donors (Lipinski definition) is 0. The van der Waals surface area contributed by atoms with E-state index in [0.29, 0.717) is 59.5 Å². The van der Waals surface area contributed by atoms with Crippen LogP contribution >= 0.6 is 23.2 Å². The molecule has 0 N–H and O–H groups in total. The minimum Gasteiger partial charge on any atom is -0.493 e. The predicted octanol–water partition coefficient (Wildman–Crippen LogP) is 9.19. The summed E-state index contributed by atoms with van der Waals surface area (Å²) < 4.78 is 30.5. The van der Waals surface area contributed by atoms with Gasteiger partial charge in [-0.3, -0.25) is 9.69 Å². The van der Waals surface area contributed by atoms with Crippen molar-refractivity contribution in [3.05, 3.63) is 153 Å². The molecule has 7 nitrogen and oxygen atoms in total. The summed E-state index contributed by atoms with van der Waals surface area (Å²) in [5.74, 6) is 1.79. The molecule has 0 unspecified atom stereocenters. The number of rotatable bonds is 13. The van der Waals surface area contributed by atoms with Crippen molar-refractivity contribution >= 4 is 35.2 Å². The Balaban J connectivity index is 0.936. The van der Waals surface area contributed by atoms with Gasteiger partial charge < -0.3 is 19.1 Å². The van der Waals surface area contributed by atoms with Crippen LogP contribution in [0.2, 0.25) is 10.0 Å². The van der Waals surface area contributed by atoms with Crippen LogP contribution < -0.4 is 14.2 Å². The molecule has 0 bridgehead atoms. The lowest BCUT2D eigenvalue weighted by Gasteiger charge is -2.34. The van der Waals surface area contributed by atoms with Gasteiger partial charge in [0.2, 0.25) is 11.8 Å². The summed E-state index contributed by atoms with van der Waals surface area (Å²) in [4.78, 5) is 21.6. The molecule has 4 aromatic carbocycles. The van der Waals surface area contributed by atoms with Gasteiger partial charge in [0.25, 0.3) is 0 Å². The third-order valence-corrected chi connectivity index (χ3v) is 9.25. The van der Waals surface area contributed by atoms with E-state index in [9.17, 15) is 9.18 Å². The standard InChI is InChI=1S/C41H38Cl2FN3O4/c1-29-24-39(51-40-16-15-36(26-45-40)50-28-33-4-2-3-5-37(33)42)38(43)25-32(29)10-17-41(48)47-21-19-46(20-22-47)27-31-8-6-30(7-9-31)18-23-49-35-13-11-34(44)12-14-35/h2-17,24-26H,18-23,27-28H2,1H3. The molecule has 5 aromatic rings. The third-order valence-electron chi connectivity index (χ3n) is 8.59. The van der Waals surface area contributed by atoms with Gasteiger partial charge in [-0.1, -0.05) is 65.7 Å². The van der Waals surface area contributed by atoms with E-state index in [4.69, 9.17) is 37.4 Å². The van der Waals surface area contributed by atoms with Crippen LogP contribution in [0, 0.1) is 12.7 Å². The zero-order valence-electron chi connectivity index (χ0n) is 28.2. The van der Waals surface area contributed by atoms with Gasteiger partial charge in [0, 0.05) is 61.9 Å². The number of amides is 1. The van der Waals surface area contributed by atoms with Gasteiger partial charge in [-0.25, -0.2) is 9.37 Å². The first kappa shape index (κ1) is 35.9. The third kappa shape index (κ3) is 10.3. The number of pyridine rings is 1. The number of nitrogens with zero attached hydrogens (tertiary/aromatic N) is 3. The molecule has 1 aliphatic rings. The Morgan fingerprint density at radius 1 is 0.843 bits per heavy atom. The molecule has 2 heterocycles. The van der Waals surface area contributed by atoms with Gasteiger partial charge in [0.05, 0.1) is 17.8 Å². The minimum absolute atomic E-state index is 0.0289. The Morgan fingerprint density at radius 3 is 2.29 bits per heavy atom. The summed E-state index contributed by atoms with van der Waals surface area (Å²) in [6.07, 6.45) is 5.76. The fraction of sp³-hybridized carbons (Fsp3) is 0.220. The number of aromatic nitrogens is 1. The highest BCUT2D eigenvalue weighted by Crippen LogP contribution is 2.32. The van der Waals surface area contributed by atoms with Crippen molar-refractivity contribution in [2.24, 2.45) is 0 Å². The van der Waals surface area contributed by atoms with Crippen LogP contribution in [-0.2, 0) is 24.4 Å². The molecule has 1 aliphatic heterocycles. The Labute approximate surface area is 307 Å². The summed E-state index contributed by atoms with van der Waals surface area (Å²) in [5, 5.41) is 1.06. The smallest absolute Gasteiger partial charge is 0.246 e. The van der Waals surface area contributed by atoms with E-state index in [2.05, 4.69) is 34.1 Å². The summed E-state index contributed by atoms with van der Waals surface area (Å²) in [5.41, 5.74) is 5.04. The Bertz CT molecular complexity index is 1950. The number of carbonyl (C=O) groups is 1. The topological polar surface area (TPSA) is 64.1 Å². The van der Waals surface area contributed by atoms with E-state index >= 15 is 0 Å². The molecule has 51 heavy (non-hydrogen) atoms. The van der Waals surface area contributed by atoms with Gasteiger partial charge in [-0.05, 0) is 83.8 Å². The van der Waals surface area contributed by atoms with Gasteiger partial charge in [-0.15, -0.1) is 0 Å². The summed E-state index contributed by atoms with van der Waals surface area (Å²) in [6.45, 7) is 6.54. The molecule has 6 rings (SSSR count). The van der Waals surface area contributed by atoms with Crippen LogP contribution in [-0.4, -0.2) is 53.5 Å². The van der Waals surface area contributed by atoms with E-state index in [-0.39, 0.29) is 11.7 Å². The molecular formula is C41H38Cl2FN3O4. The lowest BCUT2D eigenvalue weighted by molar-refractivity contribution is -0.127. The van der Waals surface area contributed by atoms with Crippen LogP contribution in [0.15, 0.2) is 109 Å². The van der Waals surface area contributed by atoms with E-state index in [1.54, 1.807) is 48.7 Å².